The summed E-state index contributed by atoms with van der Waals surface area (Å²) < 4.78 is 77.1. The summed E-state index contributed by atoms with van der Waals surface area (Å²) in [5.74, 6) is -0.866. The number of hydrogen-bond donors (Lipinski definition) is 1. The number of hydrogen-bond acceptors (Lipinski definition) is 6. The van der Waals surface area contributed by atoms with Crippen molar-refractivity contribution in [3.8, 4) is 23.0 Å². The van der Waals surface area contributed by atoms with Crippen LogP contribution in [-0.4, -0.2) is 33.0 Å². The van der Waals surface area contributed by atoms with Gasteiger partial charge in [-0.05, 0) is 72.3 Å². The van der Waals surface area contributed by atoms with E-state index < -0.39 is 27.9 Å². The van der Waals surface area contributed by atoms with Crippen LogP contribution in [-0.2, 0) is 21.1 Å². The number of carbonyl (C=O) groups is 1. The summed E-state index contributed by atoms with van der Waals surface area (Å²) in [4.78, 5) is 10.8. The molecule has 0 saturated carbocycles. The Kier molecular flexibility index (Phi) is 6.82. The van der Waals surface area contributed by atoms with Crippen molar-refractivity contribution in [2.24, 2.45) is 0 Å². The Morgan fingerprint density at radius 2 is 1.39 bits per heavy atom. The van der Waals surface area contributed by atoms with Crippen molar-refractivity contribution in [1.82, 2.24) is 0 Å². The Balaban J connectivity index is 1.80. The van der Waals surface area contributed by atoms with Gasteiger partial charge in [0.15, 0.2) is 0 Å². The van der Waals surface area contributed by atoms with Gasteiger partial charge in [-0.25, -0.2) is 8.42 Å². The van der Waals surface area contributed by atoms with E-state index in [1.165, 1.54) is 61.7 Å². The fourth-order valence-electron chi connectivity index (χ4n) is 2.85. The van der Waals surface area contributed by atoms with Gasteiger partial charge in [0.1, 0.15) is 23.0 Å². The van der Waals surface area contributed by atoms with E-state index in [-0.39, 0.29) is 39.0 Å². The monoisotopic (exact) mass is 482 g/mol. The van der Waals surface area contributed by atoms with Crippen LogP contribution in [0.4, 0.5) is 13.2 Å². The maximum absolute atomic E-state index is 13.0. The molecule has 0 aliphatic rings. The predicted molar refractivity (Wildman–Crippen MR) is 109 cm³/mol. The van der Waals surface area contributed by atoms with Gasteiger partial charge in [0.25, 0.3) is 0 Å². The number of benzene rings is 3. The summed E-state index contributed by atoms with van der Waals surface area (Å²) in [5, 5.41) is 9.00. The first-order valence-corrected chi connectivity index (χ1v) is 10.7. The molecule has 0 bridgehead atoms. The molecule has 0 unspecified atom stereocenters. The zero-order chi connectivity index (χ0) is 24.2. The average molecular weight is 482 g/mol. The van der Waals surface area contributed by atoms with Crippen molar-refractivity contribution in [3.05, 3.63) is 72.3 Å². The SMILES string of the molecule is COc1cc(CC(=O)O)cc(S(=O)(=O)c2ccc(Oc3ccc(OC(F)(F)F)cc3)cc2)c1. The smallest absolute Gasteiger partial charge is 0.497 e. The molecule has 0 radical (unpaired) electrons. The molecule has 3 aromatic carbocycles. The highest BCUT2D eigenvalue weighted by molar-refractivity contribution is 7.91. The van der Waals surface area contributed by atoms with Gasteiger partial charge in [-0.3, -0.25) is 4.79 Å². The molecule has 3 rings (SSSR count). The fourth-order valence-corrected chi connectivity index (χ4v) is 4.19. The molecule has 0 aliphatic carbocycles. The maximum atomic E-state index is 13.0. The summed E-state index contributed by atoms with van der Waals surface area (Å²) in [6.45, 7) is 0. The Labute approximate surface area is 186 Å². The van der Waals surface area contributed by atoms with Gasteiger partial charge in [-0.1, -0.05) is 0 Å². The molecule has 11 heteroatoms. The van der Waals surface area contributed by atoms with E-state index in [4.69, 9.17) is 14.6 Å². The summed E-state index contributed by atoms with van der Waals surface area (Å²) in [6, 6.07) is 14.0. The highest BCUT2D eigenvalue weighted by atomic mass is 32.2. The molecule has 33 heavy (non-hydrogen) atoms. The van der Waals surface area contributed by atoms with E-state index in [1.54, 1.807) is 0 Å². The fraction of sp³-hybridized carbons (Fsp3) is 0.136. The number of carboxylic acid groups (broad SMARTS) is 1. The zero-order valence-electron chi connectivity index (χ0n) is 17.0. The minimum Gasteiger partial charge on any atom is -0.497 e. The lowest BCUT2D eigenvalue weighted by molar-refractivity contribution is -0.274. The van der Waals surface area contributed by atoms with Gasteiger partial charge in [0.05, 0.1) is 23.3 Å². The number of rotatable bonds is 8. The quantitative estimate of drug-likeness (QED) is 0.490. The molecular formula is C22H17F3O7S. The van der Waals surface area contributed by atoms with Crippen LogP contribution in [0, 0.1) is 0 Å². The maximum Gasteiger partial charge on any atom is 0.573 e. The molecule has 174 valence electrons. The molecule has 0 fully saturated rings. The summed E-state index contributed by atoms with van der Waals surface area (Å²) >= 11 is 0. The highest BCUT2D eigenvalue weighted by Gasteiger charge is 2.31. The van der Waals surface area contributed by atoms with Crippen LogP contribution in [0.15, 0.2) is 76.5 Å². The third kappa shape index (κ3) is 6.39. The first kappa shape index (κ1) is 23.9. The van der Waals surface area contributed by atoms with E-state index in [9.17, 15) is 26.4 Å². The molecule has 0 aromatic heterocycles. The molecule has 0 heterocycles. The Morgan fingerprint density at radius 3 is 1.91 bits per heavy atom. The van der Waals surface area contributed by atoms with Crippen LogP contribution in [0.3, 0.4) is 0 Å². The predicted octanol–water partition coefficient (Wildman–Crippen LogP) is 4.85. The lowest BCUT2D eigenvalue weighted by Crippen LogP contribution is -2.16. The minimum absolute atomic E-state index is 0.0710. The third-order valence-corrected chi connectivity index (χ3v) is 6.02. The zero-order valence-corrected chi connectivity index (χ0v) is 17.8. The van der Waals surface area contributed by atoms with Crippen LogP contribution in [0.25, 0.3) is 0 Å². The number of methoxy groups -OCH3 is 1. The second kappa shape index (κ2) is 9.41. The van der Waals surface area contributed by atoms with Gasteiger partial charge in [-0.15, -0.1) is 13.2 Å². The number of alkyl halides is 3. The van der Waals surface area contributed by atoms with E-state index in [1.807, 2.05) is 0 Å². The second-order valence-electron chi connectivity index (χ2n) is 6.68. The molecule has 0 saturated heterocycles. The second-order valence-corrected chi connectivity index (χ2v) is 8.63. The number of halogens is 3. The van der Waals surface area contributed by atoms with Gasteiger partial charge in [0, 0.05) is 0 Å². The van der Waals surface area contributed by atoms with Crippen molar-refractivity contribution in [3.63, 3.8) is 0 Å². The van der Waals surface area contributed by atoms with Crippen molar-refractivity contribution in [2.75, 3.05) is 7.11 Å². The summed E-state index contributed by atoms with van der Waals surface area (Å²) in [7, 11) is -2.66. The Hall–Kier alpha value is -3.73. The molecular weight excluding hydrogens is 465 g/mol. The lowest BCUT2D eigenvalue weighted by Gasteiger charge is -2.11. The largest absolute Gasteiger partial charge is 0.573 e. The van der Waals surface area contributed by atoms with Gasteiger partial charge in [0.2, 0.25) is 9.84 Å². The Bertz CT molecular complexity index is 1240. The van der Waals surface area contributed by atoms with Crippen molar-refractivity contribution >= 4 is 15.8 Å². The number of aliphatic carboxylic acids is 1. The highest BCUT2D eigenvalue weighted by Crippen LogP contribution is 2.30. The first-order chi connectivity index (χ1) is 15.5. The van der Waals surface area contributed by atoms with Crippen molar-refractivity contribution in [1.29, 1.82) is 0 Å². The normalized spacial score (nSPS) is 11.6. The summed E-state index contributed by atoms with van der Waals surface area (Å²) in [6.07, 6.45) is -5.18. The van der Waals surface area contributed by atoms with E-state index in [0.29, 0.717) is 0 Å². The lowest BCUT2D eigenvalue weighted by atomic mass is 10.1. The molecule has 0 spiro atoms. The molecule has 7 nitrogen and oxygen atoms in total. The van der Waals surface area contributed by atoms with Gasteiger partial charge < -0.3 is 19.3 Å². The first-order valence-electron chi connectivity index (χ1n) is 9.25. The molecule has 0 amide bonds. The van der Waals surface area contributed by atoms with Crippen molar-refractivity contribution < 1.29 is 45.7 Å². The van der Waals surface area contributed by atoms with Crippen LogP contribution in [0.2, 0.25) is 0 Å². The third-order valence-electron chi connectivity index (χ3n) is 4.27. The summed E-state index contributed by atoms with van der Waals surface area (Å²) in [5.41, 5.74) is 0.262. The minimum atomic E-state index is -4.80. The Morgan fingerprint density at radius 1 is 0.848 bits per heavy atom. The topological polar surface area (TPSA) is 99.1 Å². The van der Waals surface area contributed by atoms with E-state index in [2.05, 4.69) is 4.74 Å². The van der Waals surface area contributed by atoms with Crippen LogP contribution in [0.1, 0.15) is 5.56 Å². The van der Waals surface area contributed by atoms with Crippen LogP contribution >= 0.6 is 0 Å². The van der Waals surface area contributed by atoms with Crippen molar-refractivity contribution in [2.45, 2.75) is 22.6 Å². The molecule has 0 atom stereocenters. The van der Waals surface area contributed by atoms with Crippen LogP contribution in [0.5, 0.6) is 23.0 Å². The molecule has 3 aromatic rings. The van der Waals surface area contributed by atoms with Crippen LogP contribution < -0.4 is 14.2 Å². The molecule has 0 aliphatic heterocycles. The number of ether oxygens (including phenoxy) is 3. The van der Waals surface area contributed by atoms with Gasteiger partial charge in [-0.2, -0.15) is 0 Å². The van der Waals surface area contributed by atoms with E-state index >= 15 is 0 Å². The number of sulfone groups is 1. The van der Waals surface area contributed by atoms with E-state index in [0.717, 1.165) is 12.1 Å². The van der Waals surface area contributed by atoms with Gasteiger partial charge >= 0.3 is 12.3 Å². The number of carboxylic acids is 1. The average Bonchev–Trinajstić information content (AvgIpc) is 2.74. The standard InChI is InChI=1S/C22H17F3O7S/c1-30-18-10-14(12-21(26)27)11-20(13-18)33(28,29)19-8-6-16(7-9-19)31-15-2-4-17(5-3-15)32-22(23,24)25/h2-11,13H,12H2,1H3,(H,26,27). The molecule has 1 N–H and O–H groups in total.